The minimum Gasteiger partial charge on any atom is -0.457 e. The van der Waals surface area contributed by atoms with Crippen LogP contribution in [0, 0.1) is 0 Å². The lowest BCUT2D eigenvalue weighted by Gasteiger charge is -2.39. The van der Waals surface area contributed by atoms with Crippen LogP contribution >= 0.6 is 18.5 Å². The van der Waals surface area contributed by atoms with Crippen molar-refractivity contribution in [3.05, 3.63) is 210 Å². The number of thiophene rings is 1. The first-order chi connectivity index (χ1) is 30.9. The summed E-state index contributed by atoms with van der Waals surface area (Å²) in [7, 11) is -2.51. The molecule has 9 aromatic carbocycles. The summed E-state index contributed by atoms with van der Waals surface area (Å²) < 4.78 is 22.2. The number of rotatable bonds is 4. The largest absolute Gasteiger partial charge is 0.457 e. The molecule has 0 saturated heterocycles. The van der Waals surface area contributed by atoms with Crippen molar-refractivity contribution in [3.63, 3.8) is 0 Å². The van der Waals surface area contributed by atoms with Crippen LogP contribution in [0.1, 0.15) is 22.3 Å². The molecule has 0 saturated carbocycles. The Kier molecular flexibility index (Phi) is 7.77. The van der Waals surface area contributed by atoms with Gasteiger partial charge in [-0.05, 0) is 98.6 Å². The average molecular weight is 845 g/mol. The van der Waals surface area contributed by atoms with Gasteiger partial charge < -0.3 is 9.30 Å². The van der Waals surface area contributed by atoms with E-state index in [9.17, 15) is 4.57 Å². The Balaban J connectivity index is 1.06. The van der Waals surface area contributed by atoms with E-state index in [0.29, 0.717) is 5.82 Å². The van der Waals surface area contributed by atoms with Crippen molar-refractivity contribution < 1.29 is 9.30 Å². The summed E-state index contributed by atoms with van der Waals surface area (Å²) in [6.07, 6.45) is 0. The van der Waals surface area contributed by atoms with E-state index in [1.54, 1.807) is 11.3 Å². The third kappa shape index (κ3) is 5.24. The van der Waals surface area contributed by atoms with Crippen molar-refractivity contribution in [1.29, 1.82) is 0 Å². The second-order valence-electron chi connectivity index (χ2n) is 17.1. The first-order valence-electron chi connectivity index (χ1n) is 21.3. The molecule has 0 fully saturated rings. The molecule has 298 valence electrons. The maximum Gasteiger partial charge on any atom is 0.160 e. The second kappa shape index (κ2) is 13.4. The van der Waals surface area contributed by atoms with E-state index < -0.39 is 12.6 Å². The van der Waals surface area contributed by atoms with Crippen LogP contribution in [0.3, 0.4) is 0 Å². The maximum atomic E-state index is 13.3. The van der Waals surface area contributed by atoms with E-state index in [1.807, 2.05) is 37.6 Å². The fourth-order valence-corrected chi connectivity index (χ4v) is 12.5. The normalized spacial score (nSPS) is 13.6. The summed E-state index contributed by atoms with van der Waals surface area (Å²) in [5, 5.41) is 6.65. The number of aromatic nitrogens is 2. The van der Waals surface area contributed by atoms with Crippen LogP contribution in [0.2, 0.25) is 0 Å². The molecule has 0 amide bonds. The van der Waals surface area contributed by atoms with Gasteiger partial charge >= 0.3 is 0 Å². The monoisotopic (exact) mass is 844 g/mol. The maximum absolute atomic E-state index is 13.3. The summed E-state index contributed by atoms with van der Waals surface area (Å²) in [6, 6.07) is 67.3. The van der Waals surface area contributed by atoms with Crippen LogP contribution in [0.25, 0.3) is 86.7 Å². The quantitative estimate of drug-likeness (QED) is 0.166. The molecular formula is C57H37N2O2PS. The van der Waals surface area contributed by atoms with Crippen LogP contribution in [0.15, 0.2) is 188 Å². The van der Waals surface area contributed by atoms with Gasteiger partial charge in [0.05, 0.1) is 21.3 Å². The first-order valence-corrected chi connectivity index (χ1v) is 24.7. The van der Waals surface area contributed by atoms with Crippen molar-refractivity contribution in [3.8, 4) is 56.4 Å². The molecule has 3 heterocycles. The summed E-state index contributed by atoms with van der Waals surface area (Å²) in [6.45, 7) is 3.62. The Morgan fingerprint density at radius 3 is 1.94 bits per heavy atom. The highest BCUT2D eigenvalue weighted by molar-refractivity contribution is 7.70. The fourth-order valence-electron chi connectivity index (χ4n) is 10.5. The molecule has 1 spiro atoms. The van der Waals surface area contributed by atoms with E-state index in [4.69, 9.17) is 14.7 Å². The standard InChI is InChI=1S/C57H37N2O2PS/c1-62(2,60)37-16-13-15-36(32-37)56-58-53(55-54(59-56)44-20-7-12-25-51(44)63-55)42-30-29-38(40-18-5-6-19-41(40)42)35-26-28-43-48(33-35)57(47-31-27-34-14-3-4-17-39(34)52(43)47)45-21-8-10-23-49(45)61-50-24-11-9-22-46(50)57/h3-33H,1-2H3. The lowest BCUT2D eigenvalue weighted by atomic mass is 9.65. The van der Waals surface area contributed by atoms with Gasteiger partial charge in [0.1, 0.15) is 18.6 Å². The number of benzene rings is 9. The minimum atomic E-state index is -2.51. The molecule has 4 nitrogen and oxygen atoms in total. The highest BCUT2D eigenvalue weighted by atomic mass is 32.1. The molecule has 0 atom stereocenters. The van der Waals surface area contributed by atoms with Crippen molar-refractivity contribution in [1.82, 2.24) is 9.97 Å². The van der Waals surface area contributed by atoms with Gasteiger partial charge in [-0.1, -0.05) is 158 Å². The molecule has 1 aliphatic heterocycles. The highest BCUT2D eigenvalue weighted by Crippen LogP contribution is 2.63. The molecule has 0 N–H and O–H groups in total. The van der Waals surface area contributed by atoms with E-state index in [-0.39, 0.29) is 0 Å². The fraction of sp³-hybridized carbons (Fsp3) is 0.0526. The molecule has 63 heavy (non-hydrogen) atoms. The predicted molar refractivity (Wildman–Crippen MR) is 263 cm³/mol. The molecule has 1 aliphatic carbocycles. The molecular weight excluding hydrogens is 808 g/mol. The Labute approximate surface area is 368 Å². The van der Waals surface area contributed by atoms with Gasteiger partial charge in [-0.25, -0.2) is 9.97 Å². The van der Waals surface area contributed by atoms with Crippen LogP contribution < -0.4 is 10.0 Å². The minimum absolute atomic E-state index is 0.601. The zero-order valence-corrected chi connectivity index (χ0v) is 36.2. The Morgan fingerprint density at radius 1 is 0.508 bits per heavy atom. The molecule has 2 aromatic heterocycles. The zero-order valence-electron chi connectivity index (χ0n) is 34.5. The molecule has 2 aliphatic rings. The van der Waals surface area contributed by atoms with E-state index in [2.05, 4.69) is 164 Å². The van der Waals surface area contributed by atoms with Gasteiger partial charge in [-0.3, -0.25) is 0 Å². The number of para-hydroxylation sites is 2. The van der Waals surface area contributed by atoms with Crippen LogP contribution in [-0.4, -0.2) is 23.3 Å². The molecule has 0 radical (unpaired) electrons. The van der Waals surface area contributed by atoms with Crippen LogP contribution in [0.4, 0.5) is 0 Å². The van der Waals surface area contributed by atoms with Crippen molar-refractivity contribution in [2.45, 2.75) is 5.41 Å². The number of hydrogen-bond donors (Lipinski definition) is 0. The van der Waals surface area contributed by atoms with E-state index >= 15 is 0 Å². The van der Waals surface area contributed by atoms with Crippen molar-refractivity contribution in [2.75, 3.05) is 13.3 Å². The summed E-state index contributed by atoms with van der Waals surface area (Å²) in [5.74, 6) is 2.38. The highest BCUT2D eigenvalue weighted by Gasteiger charge is 2.51. The topological polar surface area (TPSA) is 52.1 Å². The van der Waals surface area contributed by atoms with E-state index in [0.717, 1.165) is 82.3 Å². The molecule has 0 bridgehead atoms. The van der Waals surface area contributed by atoms with E-state index in [1.165, 1.54) is 37.7 Å². The van der Waals surface area contributed by atoms with Crippen LogP contribution in [-0.2, 0) is 9.98 Å². The summed E-state index contributed by atoms with van der Waals surface area (Å²) in [5.41, 5.74) is 12.8. The molecule has 11 aromatic rings. The molecule has 13 rings (SSSR count). The van der Waals surface area contributed by atoms with Gasteiger partial charge in [-0.2, -0.15) is 0 Å². The average Bonchev–Trinajstić information content (AvgIpc) is 3.84. The van der Waals surface area contributed by atoms with Crippen LogP contribution in [0.5, 0.6) is 11.5 Å². The van der Waals surface area contributed by atoms with Crippen molar-refractivity contribution in [2.24, 2.45) is 0 Å². The number of ether oxygens (including phenoxy) is 1. The van der Waals surface area contributed by atoms with Gasteiger partial charge in [0.15, 0.2) is 5.82 Å². The third-order valence-electron chi connectivity index (χ3n) is 13.3. The summed E-state index contributed by atoms with van der Waals surface area (Å²) >= 11 is 1.73. The second-order valence-corrected chi connectivity index (χ2v) is 21.4. The Bertz CT molecular complexity index is 3760. The van der Waals surface area contributed by atoms with Gasteiger partial charge in [0, 0.05) is 37.6 Å². The third-order valence-corrected chi connectivity index (χ3v) is 16.0. The zero-order chi connectivity index (χ0) is 42.0. The predicted octanol–water partition coefficient (Wildman–Crippen LogP) is 14.9. The lowest BCUT2D eigenvalue weighted by molar-refractivity contribution is 0.436. The lowest BCUT2D eigenvalue weighted by Crippen LogP contribution is -2.32. The Hall–Kier alpha value is -7.17. The van der Waals surface area contributed by atoms with Gasteiger partial charge in [-0.15, -0.1) is 11.3 Å². The smallest absolute Gasteiger partial charge is 0.160 e. The molecule has 6 heteroatoms. The number of nitrogens with zero attached hydrogens (tertiary/aromatic N) is 2. The SMILES string of the molecule is CP(C)(=O)c1cccc(-c2nc(-c3ccc(-c4ccc5c(c4)C4(c6ccccc6Oc6ccccc64)c4ccc6ccccc6c4-5)c4ccccc34)c3sc4ccccc4c3n2)c1. The molecule has 0 unspecified atom stereocenters. The Morgan fingerprint density at radius 2 is 1.16 bits per heavy atom. The van der Waals surface area contributed by atoms with Gasteiger partial charge in [0.25, 0.3) is 0 Å². The number of fused-ring (bicyclic) bond motifs is 15. The first kappa shape index (κ1) is 36.5. The van der Waals surface area contributed by atoms with Crippen molar-refractivity contribution >= 4 is 65.6 Å². The van der Waals surface area contributed by atoms with Gasteiger partial charge in [0.2, 0.25) is 0 Å². The number of hydrogen-bond acceptors (Lipinski definition) is 5. The summed E-state index contributed by atoms with van der Waals surface area (Å²) in [4.78, 5) is 10.6.